The number of nitrogens with zero attached hydrogens (tertiary/aromatic N) is 2. The minimum atomic E-state index is 0.688. The van der Waals surface area contributed by atoms with Crippen LogP contribution in [0.1, 0.15) is 18.9 Å². The molecule has 0 aromatic carbocycles. The summed E-state index contributed by atoms with van der Waals surface area (Å²) >= 11 is 13.5. The number of hydrogen-bond acceptors (Lipinski definition) is 3. The van der Waals surface area contributed by atoms with Gasteiger partial charge in [-0.25, -0.2) is 0 Å². The quantitative estimate of drug-likeness (QED) is 0.848. The monoisotopic (exact) mass is 303 g/mol. The third-order valence-corrected chi connectivity index (χ3v) is 4.05. The first kappa shape index (κ1) is 13.9. The molecule has 2 aromatic heterocycles. The summed E-state index contributed by atoms with van der Waals surface area (Å²) in [6.45, 7) is 3.93. The molecule has 0 radical (unpaired) electrons. The largest absolute Gasteiger partial charge is 0.313 e. The van der Waals surface area contributed by atoms with Gasteiger partial charge in [0.05, 0.1) is 10.0 Å². The molecule has 0 aliphatic rings. The Hall–Kier alpha value is -0.550. The van der Waals surface area contributed by atoms with Crippen LogP contribution >= 0.6 is 34.5 Å². The number of halogens is 2. The highest BCUT2D eigenvalue weighted by Crippen LogP contribution is 2.38. The van der Waals surface area contributed by atoms with Gasteiger partial charge in [-0.1, -0.05) is 30.1 Å². The van der Waals surface area contributed by atoms with Crippen LogP contribution in [0.5, 0.6) is 0 Å². The molecule has 0 unspecified atom stereocenters. The summed E-state index contributed by atoms with van der Waals surface area (Å²) in [5, 5.41) is 7.85. The van der Waals surface area contributed by atoms with E-state index in [-0.39, 0.29) is 0 Å². The van der Waals surface area contributed by atoms with Crippen LogP contribution in [-0.4, -0.2) is 16.3 Å². The molecule has 0 spiro atoms. The van der Waals surface area contributed by atoms with Crippen molar-refractivity contribution in [2.75, 3.05) is 6.54 Å². The van der Waals surface area contributed by atoms with Crippen LogP contribution in [0.25, 0.3) is 11.3 Å². The second-order valence-corrected chi connectivity index (χ2v) is 6.38. The predicted molar refractivity (Wildman–Crippen MR) is 78.5 cm³/mol. The molecular weight excluding hydrogens is 289 g/mol. The van der Waals surface area contributed by atoms with Crippen molar-refractivity contribution in [2.24, 2.45) is 7.05 Å². The van der Waals surface area contributed by atoms with Crippen LogP contribution in [0, 0.1) is 0 Å². The topological polar surface area (TPSA) is 29.9 Å². The van der Waals surface area contributed by atoms with Crippen LogP contribution in [-0.2, 0) is 13.6 Å². The molecule has 0 bridgehead atoms. The first-order valence-corrected chi connectivity index (χ1v) is 7.37. The van der Waals surface area contributed by atoms with Gasteiger partial charge in [0.25, 0.3) is 0 Å². The van der Waals surface area contributed by atoms with Crippen molar-refractivity contribution in [1.82, 2.24) is 15.1 Å². The summed E-state index contributed by atoms with van der Waals surface area (Å²) < 4.78 is 3.18. The smallest absolute Gasteiger partial charge is 0.104 e. The summed E-state index contributed by atoms with van der Waals surface area (Å²) in [6.07, 6.45) is 3.13. The van der Waals surface area contributed by atoms with Gasteiger partial charge in [0, 0.05) is 30.9 Å². The molecule has 0 saturated carbocycles. The zero-order chi connectivity index (χ0) is 13.1. The second-order valence-electron chi connectivity index (χ2n) is 4.09. The maximum absolute atomic E-state index is 6.19. The number of thiophene rings is 1. The molecule has 6 heteroatoms. The lowest BCUT2D eigenvalue weighted by Crippen LogP contribution is -2.13. The number of rotatable bonds is 5. The molecule has 0 atom stereocenters. The van der Waals surface area contributed by atoms with Crippen molar-refractivity contribution in [3.63, 3.8) is 0 Å². The Labute approximate surface area is 121 Å². The van der Waals surface area contributed by atoms with Gasteiger partial charge in [-0.3, -0.25) is 4.68 Å². The SMILES string of the molecule is CCCNCc1cn(C)nc1-c1cc(Cl)sc1Cl. The van der Waals surface area contributed by atoms with Crippen molar-refractivity contribution in [3.8, 4) is 11.3 Å². The molecule has 3 nitrogen and oxygen atoms in total. The summed E-state index contributed by atoms with van der Waals surface area (Å²) in [4.78, 5) is 0. The fraction of sp³-hybridized carbons (Fsp3) is 0.417. The molecule has 2 heterocycles. The van der Waals surface area contributed by atoms with Gasteiger partial charge in [0.2, 0.25) is 0 Å². The van der Waals surface area contributed by atoms with Crippen LogP contribution < -0.4 is 5.32 Å². The van der Waals surface area contributed by atoms with E-state index in [4.69, 9.17) is 23.2 Å². The fourth-order valence-corrected chi connectivity index (χ4v) is 3.26. The Morgan fingerprint density at radius 2 is 2.22 bits per heavy atom. The molecule has 2 aromatic rings. The van der Waals surface area contributed by atoms with Gasteiger partial charge < -0.3 is 5.32 Å². The van der Waals surface area contributed by atoms with Gasteiger partial charge in [-0.05, 0) is 19.0 Å². The lowest BCUT2D eigenvalue weighted by molar-refractivity contribution is 0.675. The van der Waals surface area contributed by atoms with Gasteiger partial charge in [0.1, 0.15) is 4.34 Å². The lowest BCUT2D eigenvalue weighted by Gasteiger charge is -2.02. The molecule has 2 rings (SSSR count). The zero-order valence-corrected chi connectivity index (χ0v) is 12.7. The third-order valence-electron chi connectivity index (χ3n) is 2.56. The second kappa shape index (κ2) is 6.06. The van der Waals surface area contributed by atoms with E-state index in [1.165, 1.54) is 11.3 Å². The van der Waals surface area contributed by atoms with Crippen molar-refractivity contribution in [2.45, 2.75) is 19.9 Å². The Morgan fingerprint density at radius 1 is 1.44 bits per heavy atom. The molecule has 18 heavy (non-hydrogen) atoms. The predicted octanol–water partition coefficient (Wildman–Crippen LogP) is 3.96. The summed E-state index contributed by atoms with van der Waals surface area (Å²) in [6, 6.07) is 1.88. The highest BCUT2D eigenvalue weighted by Gasteiger charge is 2.15. The van der Waals surface area contributed by atoms with E-state index in [0.29, 0.717) is 8.67 Å². The summed E-state index contributed by atoms with van der Waals surface area (Å²) in [5.74, 6) is 0. The van der Waals surface area contributed by atoms with Crippen LogP contribution in [0.3, 0.4) is 0 Å². The average Bonchev–Trinajstić information content (AvgIpc) is 2.82. The third kappa shape index (κ3) is 3.06. The van der Waals surface area contributed by atoms with E-state index in [1.807, 2.05) is 19.3 Å². The molecule has 0 saturated heterocycles. The maximum Gasteiger partial charge on any atom is 0.104 e. The maximum atomic E-state index is 6.19. The standard InChI is InChI=1S/C12H15Cl2N3S/c1-3-4-15-6-8-7-17(2)16-11(8)9-5-10(13)18-12(9)14/h5,7,15H,3-4,6H2,1-2H3. The highest BCUT2D eigenvalue weighted by atomic mass is 35.5. The zero-order valence-electron chi connectivity index (χ0n) is 10.3. The molecular formula is C12H15Cl2N3S. The van der Waals surface area contributed by atoms with Crippen molar-refractivity contribution in [3.05, 3.63) is 26.5 Å². The van der Waals surface area contributed by atoms with Crippen LogP contribution in [0.4, 0.5) is 0 Å². The van der Waals surface area contributed by atoms with Crippen LogP contribution in [0.2, 0.25) is 8.67 Å². The van der Waals surface area contributed by atoms with E-state index in [0.717, 1.165) is 36.3 Å². The fourth-order valence-electron chi connectivity index (χ4n) is 1.80. The molecule has 98 valence electrons. The Bertz CT molecular complexity index is 533. The van der Waals surface area contributed by atoms with E-state index in [1.54, 1.807) is 4.68 Å². The number of hydrogen-bond donors (Lipinski definition) is 1. The number of aryl methyl sites for hydroxylation is 1. The summed E-state index contributed by atoms with van der Waals surface area (Å²) in [7, 11) is 1.91. The van der Waals surface area contributed by atoms with E-state index >= 15 is 0 Å². The summed E-state index contributed by atoms with van der Waals surface area (Å²) in [5.41, 5.74) is 2.97. The van der Waals surface area contributed by atoms with Gasteiger partial charge in [-0.2, -0.15) is 5.10 Å². The van der Waals surface area contributed by atoms with Crippen molar-refractivity contribution >= 4 is 34.5 Å². The Kier molecular flexibility index (Phi) is 4.67. The molecule has 0 aliphatic heterocycles. The Balaban J connectivity index is 2.29. The van der Waals surface area contributed by atoms with E-state index in [9.17, 15) is 0 Å². The van der Waals surface area contributed by atoms with Crippen LogP contribution in [0.15, 0.2) is 12.3 Å². The normalized spacial score (nSPS) is 11.1. The van der Waals surface area contributed by atoms with Gasteiger partial charge in [-0.15, -0.1) is 11.3 Å². The Morgan fingerprint density at radius 3 is 2.83 bits per heavy atom. The van der Waals surface area contributed by atoms with Gasteiger partial charge >= 0.3 is 0 Å². The molecule has 1 N–H and O–H groups in total. The van der Waals surface area contributed by atoms with E-state index in [2.05, 4.69) is 17.3 Å². The lowest BCUT2D eigenvalue weighted by atomic mass is 10.1. The number of nitrogens with one attached hydrogen (secondary N) is 1. The first-order valence-electron chi connectivity index (χ1n) is 5.80. The highest BCUT2D eigenvalue weighted by molar-refractivity contribution is 7.20. The average molecular weight is 304 g/mol. The minimum absolute atomic E-state index is 0.688. The van der Waals surface area contributed by atoms with Crippen molar-refractivity contribution < 1.29 is 0 Å². The molecule has 0 fully saturated rings. The van der Waals surface area contributed by atoms with Gasteiger partial charge in [0.15, 0.2) is 0 Å². The number of aromatic nitrogens is 2. The molecule has 0 aliphatic carbocycles. The molecule has 0 amide bonds. The first-order chi connectivity index (χ1) is 8.61. The minimum Gasteiger partial charge on any atom is -0.313 e. The van der Waals surface area contributed by atoms with Crippen molar-refractivity contribution in [1.29, 1.82) is 0 Å². The van der Waals surface area contributed by atoms with E-state index < -0.39 is 0 Å².